The molecule has 68 valence electrons. The third-order valence-electron chi connectivity index (χ3n) is 1.52. The van der Waals surface area contributed by atoms with Crippen molar-refractivity contribution in [1.82, 2.24) is 0 Å². The molecule has 0 aromatic heterocycles. The van der Waals surface area contributed by atoms with Crippen LogP contribution in [-0.4, -0.2) is 7.18 Å². The molecule has 0 aliphatic carbocycles. The number of nitrogens with two attached hydrogens (primary N) is 1. The summed E-state index contributed by atoms with van der Waals surface area (Å²) >= 11 is 0. The molecule has 0 spiro atoms. The largest absolute Gasteiger partial charge is 0.326 e. The highest BCUT2D eigenvalue weighted by Crippen LogP contribution is 2.07. The van der Waals surface area contributed by atoms with Gasteiger partial charge in [-0.15, -0.1) is 0 Å². The lowest BCUT2D eigenvalue weighted by Crippen LogP contribution is -1.96. The van der Waals surface area contributed by atoms with Gasteiger partial charge in [0.15, 0.2) is 0 Å². The van der Waals surface area contributed by atoms with Gasteiger partial charge in [-0.2, -0.15) is 0 Å². The lowest BCUT2D eigenvalue weighted by Gasteiger charge is -2.00. The zero-order chi connectivity index (χ0) is 9.56. The second-order valence-electron chi connectivity index (χ2n) is 2.70. The molecule has 1 rings (SSSR count). The first-order valence-electron chi connectivity index (χ1n) is 3.87. The minimum Gasteiger partial charge on any atom is -0.326 e. The van der Waals surface area contributed by atoms with Crippen LogP contribution in [0.2, 0.25) is 0 Å². The molecule has 0 heterocycles. The van der Waals surface area contributed by atoms with Crippen LogP contribution < -0.4 is 5.73 Å². The molecule has 2 heteroatoms. The maximum atomic E-state index is 9.50. The molecule has 0 aliphatic rings. The molecule has 0 saturated carbocycles. The number of hydrogen-bond donors (Lipinski definition) is 1. The van der Waals surface area contributed by atoms with Crippen LogP contribution in [0.4, 0.5) is 4.39 Å². The first kappa shape index (κ1) is 11.1. The Morgan fingerprint density at radius 2 is 1.50 bits per heavy atom. The van der Waals surface area contributed by atoms with Gasteiger partial charge in [0, 0.05) is 6.54 Å². The molecule has 0 unspecified atom stereocenters. The molecule has 2 N–H and O–H groups in total. The van der Waals surface area contributed by atoms with Crippen LogP contribution in [-0.2, 0) is 6.54 Å². The van der Waals surface area contributed by atoms with E-state index in [1.54, 1.807) is 0 Å². The summed E-state index contributed by atoms with van der Waals surface area (Å²) in [5, 5.41) is 0. The van der Waals surface area contributed by atoms with Crippen LogP contribution in [0, 0.1) is 13.8 Å². The van der Waals surface area contributed by atoms with Crippen LogP contribution in [0.3, 0.4) is 0 Å². The van der Waals surface area contributed by atoms with E-state index in [4.69, 9.17) is 5.73 Å². The maximum Gasteiger partial charge on any atom is 0.0785 e. The predicted octanol–water partition coefficient (Wildman–Crippen LogP) is 2.35. The van der Waals surface area contributed by atoms with Crippen molar-refractivity contribution in [2.24, 2.45) is 5.73 Å². The van der Waals surface area contributed by atoms with Crippen molar-refractivity contribution in [3.8, 4) is 0 Å². The maximum absolute atomic E-state index is 9.50. The highest BCUT2D eigenvalue weighted by Gasteiger charge is 1.91. The molecule has 0 atom stereocenters. The summed E-state index contributed by atoms with van der Waals surface area (Å²) in [5.74, 6) is 0. The Labute approximate surface area is 73.4 Å². The van der Waals surface area contributed by atoms with Crippen molar-refractivity contribution in [1.29, 1.82) is 0 Å². The normalized spacial score (nSPS) is 8.75. The van der Waals surface area contributed by atoms with Crippen LogP contribution in [0.1, 0.15) is 16.7 Å². The van der Waals surface area contributed by atoms with Crippen LogP contribution in [0.25, 0.3) is 0 Å². The van der Waals surface area contributed by atoms with Crippen molar-refractivity contribution >= 4 is 0 Å². The van der Waals surface area contributed by atoms with Crippen molar-refractivity contribution in [2.45, 2.75) is 20.4 Å². The zero-order valence-corrected chi connectivity index (χ0v) is 7.89. The van der Waals surface area contributed by atoms with Gasteiger partial charge >= 0.3 is 0 Å². The van der Waals surface area contributed by atoms with E-state index in [0.717, 1.165) is 0 Å². The van der Waals surface area contributed by atoms with E-state index in [0.29, 0.717) is 13.7 Å². The minimum atomic E-state index is 0.500. The Morgan fingerprint density at radius 1 is 1.08 bits per heavy atom. The summed E-state index contributed by atoms with van der Waals surface area (Å²) in [4.78, 5) is 0. The molecule has 1 aromatic carbocycles. The van der Waals surface area contributed by atoms with Crippen molar-refractivity contribution in [3.63, 3.8) is 0 Å². The zero-order valence-electron chi connectivity index (χ0n) is 7.89. The molecule has 0 saturated heterocycles. The molecule has 0 amide bonds. The van der Waals surface area contributed by atoms with Crippen LogP contribution in [0.5, 0.6) is 0 Å². The Morgan fingerprint density at radius 3 is 1.83 bits per heavy atom. The van der Waals surface area contributed by atoms with Gasteiger partial charge < -0.3 is 5.73 Å². The van der Waals surface area contributed by atoms with Gasteiger partial charge in [-0.05, 0) is 19.4 Å². The fourth-order valence-corrected chi connectivity index (χ4v) is 1.19. The topological polar surface area (TPSA) is 26.0 Å². The lowest BCUT2D eigenvalue weighted by atomic mass is 10.1. The summed E-state index contributed by atoms with van der Waals surface area (Å²) in [6, 6.07) is 6.39. The number of halogens is 1. The molecular weight excluding hydrogens is 153 g/mol. The summed E-state index contributed by atoms with van der Waals surface area (Å²) < 4.78 is 9.50. The average Bonchev–Trinajstić information content (AvgIpc) is 2.06. The third-order valence-corrected chi connectivity index (χ3v) is 1.52. The van der Waals surface area contributed by atoms with E-state index >= 15 is 0 Å². The van der Waals surface area contributed by atoms with Gasteiger partial charge in [-0.3, -0.25) is 4.39 Å². The van der Waals surface area contributed by atoms with E-state index in [1.807, 2.05) is 0 Å². The van der Waals surface area contributed by atoms with Crippen molar-refractivity contribution in [2.75, 3.05) is 7.18 Å². The first-order chi connectivity index (χ1) is 5.72. The summed E-state index contributed by atoms with van der Waals surface area (Å²) in [5.41, 5.74) is 9.29. The SMILES string of the molecule is CF.Cc1cc(C)cc(CN)c1. The van der Waals surface area contributed by atoms with E-state index in [-0.39, 0.29) is 0 Å². The molecule has 12 heavy (non-hydrogen) atoms. The Hall–Kier alpha value is -0.890. The number of hydrogen-bond acceptors (Lipinski definition) is 1. The van der Waals surface area contributed by atoms with Crippen LogP contribution in [0.15, 0.2) is 18.2 Å². The van der Waals surface area contributed by atoms with Gasteiger partial charge in [-0.1, -0.05) is 29.3 Å². The molecule has 0 aliphatic heterocycles. The Bertz CT molecular complexity index is 213. The average molecular weight is 169 g/mol. The number of benzene rings is 1. The van der Waals surface area contributed by atoms with E-state index in [2.05, 4.69) is 32.0 Å². The van der Waals surface area contributed by atoms with Crippen molar-refractivity contribution < 1.29 is 4.39 Å². The molecule has 1 nitrogen and oxygen atoms in total. The molecular formula is C10H16FN. The van der Waals surface area contributed by atoms with E-state index in [9.17, 15) is 4.39 Å². The number of aryl methyl sites for hydroxylation is 2. The molecule has 0 bridgehead atoms. The van der Waals surface area contributed by atoms with Gasteiger partial charge in [-0.25, -0.2) is 0 Å². The quantitative estimate of drug-likeness (QED) is 0.686. The number of rotatable bonds is 1. The Kier molecular flexibility index (Phi) is 5.30. The predicted molar refractivity (Wildman–Crippen MR) is 50.8 cm³/mol. The first-order valence-corrected chi connectivity index (χ1v) is 3.87. The van der Waals surface area contributed by atoms with Gasteiger partial charge in [0.1, 0.15) is 0 Å². The fraction of sp³-hybridized carbons (Fsp3) is 0.400. The van der Waals surface area contributed by atoms with Gasteiger partial charge in [0.25, 0.3) is 0 Å². The van der Waals surface area contributed by atoms with E-state index in [1.165, 1.54) is 16.7 Å². The Balaban J connectivity index is 0.000000561. The lowest BCUT2D eigenvalue weighted by molar-refractivity contribution is 0.636. The van der Waals surface area contributed by atoms with Gasteiger partial charge in [0.05, 0.1) is 7.18 Å². The molecule has 1 aromatic rings. The third kappa shape index (κ3) is 3.49. The summed E-state index contributed by atoms with van der Waals surface area (Å²) in [7, 11) is 0.500. The molecule has 0 fully saturated rings. The summed E-state index contributed by atoms with van der Waals surface area (Å²) in [6.07, 6.45) is 0. The second kappa shape index (κ2) is 5.72. The van der Waals surface area contributed by atoms with Crippen LogP contribution >= 0.6 is 0 Å². The number of alkyl halides is 1. The van der Waals surface area contributed by atoms with Crippen molar-refractivity contribution in [3.05, 3.63) is 34.9 Å². The highest BCUT2D eigenvalue weighted by atomic mass is 19.1. The summed E-state index contributed by atoms with van der Waals surface area (Å²) in [6.45, 7) is 4.82. The smallest absolute Gasteiger partial charge is 0.0785 e. The van der Waals surface area contributed by atoms with E-state index < -0.39 is 0 Å². The standard InChI is InChI=1S/C9H13N.CH3F/c1-7-3-8(2)5-9(4-7)6-10;1-2/h3-5H,6,10H2,1-2H3;1H3. The fourth-order valence-electron chi connectivity index (χ4n) is 1.19. The molecule has 0 radical (unpaired) electrons. The highest BCUT2D eigenvalue weighted by molar-refractivity contribution is 5.28. The minimum absolute atomic E-state index is 0.500. The second-order valence-corrected chi connectivity index (χ2v) is 2.70. The monoisotopic (exact) mass is 169 g/mol. The van der Waals surface area contributed by atoms with Gasteiger partial charge in [0.2, 0.25) is 0 Å².